The average Bonchev–Trinajstić information content (AvgIpc) is 3.10. The molecule has 0 unspecified atom stereocenters. The van der Waals surface area contributed by atoms with Crippen molar-refractivity contribution in [2.45, 2.75) is 6.92 Å². The van der Waals surface area contributed by atoms with E-state index in [4.69, 9.17) is 9.47 Å². The van der Waals surface area contributed by atoms with Gasteiger partial charge >= 0.3 is 0 Å². The lowest BCUT2D eigenvalue weighted by molar-refractivity contribution is 0.102. The zero-order chi connectivity index (χ0) is 18.5. The fourth-order valence-corrected chi connectivity index (χ4v) is 2.96. The van der Waals surface area contributed by atoms with Crippen LogP contribution in [0, 0.1) is 6.92 Å². The molecule has 0 fully saturated rings. The molecular formula is C18H18N4O3S. The minimum Gasteiger partial charge on any atom is -0.493 e. The van der Waals surface area contributed by atoms with E-state index in [-0.39, 0.29) is 5.91 Å². The van der Waals surface area contributed by atoms with Gasteiger partial charge in [-0.15, -0.1) is 11.3 Å². The molecule has 0 radical (unpaired) electrons. The van der Waals surface area contributed by atoms with Crippen molar-refractivity contribution in [2.75, 3.05) is 24.9 Å². The van der Waals surface area contributed by atoms with Crippen LogP contribution in [0.15, 0.2) is 41.8 Å². The third-order valence-electron chi connectivity index (χ3n) is 3.50. The summed E-state index contributed by atoms with van der Waals surface area (Å²) in [5.74, 6) is 1.51. The Morgan fingerprint density at radius 3 is 2.62 bits per heavy atom. The summed E-state index contributed by atoms with van der Waals surface area (Å²) in [5.41, 5.74) is 1.81. The van der Waals surface area contributed by atoms with Crippen molar-refractivity contribution in [3.05, 3.63) is 53.2 Å². The van der Waals surface area contributed by atoms with Gasteiger partial charge in [0, 0.05) is 22.8 Å². The highest BCUT2D eigenvalue weighted by molar-refractivity contribution is 7.14. The molecule has 134 valence electrons. The van der Waals surface area contributed by atoms with Crippen molar-refractivity contribution < 1.29 is 14.3 Å². The molecule has 2 N–H and O–H groups in total. The number of nitrogens with zero attached hydrogens (tertiary/aromatic N) is 2. The summed E-state index contributed by atoms with van der Waals surface area (Å²) in [6.07, 6.45) is 0. The van der Waals surface area contributed by atoms with E-state index >= 15 is 0 Å². The Balaban J connectivity index is 1.70. The molecule has 0 saturated carbocycles. The number of aryl methyl sites for hydroxylation is 1. The van der Waals surface area contributed by atoms with Crippen LogP contribution in [0.3, 0.4) is 0 Å². The minimum atomic E-state index is -0.307. The molecule has 0 atom stereocenters. The van der Waals surface area contributed by atoms with Crippen LogP contribution in [0.4, 0.5) is 16.6 Å². The number of hydrogen-bond acceptors (Lipinski definition) is 7. The van der Waals surface area contributed by atoms with Gasteiger partial charge in [-0.1, -0.05) is 6.07 Å². The molecule has 1 aromatic carbocycles. The first-order chi connectivity index (χ1) is 12.6. The lowest BCUT2D eigenvalue weighted by Gasteiger charge is -2.10. The fourth-order valence-electron chi connectivity index (χ4n) is 2.27. The van der Waals surface area contributed by atoms with Crippen molar-refractivity contribution in [2.24, 2.45) is 0 Å². The molecule has 8 heteroatoms. The van der Waals surface area contributed by atoms with Gasteiger partial charge in [-0.25, -0.2) is 9.97 Å². The van der Waals surface area contributed by atoms with Crippen molar-refractivity contribution in [3.63, 3.8) is 0 Å². The number of thiazole rings is 1. The first-order valence-corrected chi connectivity index (χ1v) is 8.66. The molecule has 2 heterocycles. The number of anilines is 3. The average molecular weight is 370 g/mol. The van der Waals surface area contributed by atoms with E-state index in [2.05, 4.69) is 20.6 Å². The van der Waals surface area contributed by atoms with Gasteiger partial charge in [0.15, 0.2) is 16.6 Å². The number of methoxy groups -OCH3 is 2. The predicted molar refractivity (Wildman–Crippen MR) is 102 cm³/mol. The van der Waals surface area contributed by atoms with Crippen molar-refractivity contribution >= 4 is 33.9 Å². The number of amides is 1. The van der Waals surface area contributed by atoms with Gasteiger partial charge in [0.2, 0.25) is 0 Å². The molecule has 0 bridgehead atoms. The molecular weight excluding hydrogens is 352 g/mol. The Hall–Kier alpha value is -3.13. The zero-order valence-corrected chi connectivity index (χ0v) is 15.4. The summed E-state index contributed by atoms with van der Waals surface area (Å²) < 4.78 is 10.4. The van der Waals surface area contributed by atoms with Crippen LogP contribution in [-0.2, 0) is 0 Å². The number of ether oxygens (including phenoxy) is 2. The van der Waals surface area contributed by atoms with Gasteiger partial charge in [-0.2, -0.15) is 0 Å². The van der Waals surface area contributed by atoms with Crippen LogP contribution in [0.2, 0.25) is 0 Å². The Kier molecular flexibility index (Phi) is 5.33. The first-order valence-electron chi connectivity index (χ1n) is 7.78. The van der Waals surface area contributed by atoms with E-state index in [1.165, 1.54) is 11.3 Å². The number of pyridine rings is 1. The standard InChI is InChI=1S/C18H18N4O3S/c1-11-5-4-6-16(19-11)22-18-21-13(10-26-18)17(23)20-12-7-8-14(24-2)15(9-12)25-3/h4-10H,1-3H3,(H,20,23)(H,19,21,22). The number of carbonyl (C=O) groups is 1. The third kappa shape index (κ3) is 4.09. The Morgan fingerprint density at radius 2 is 1.88 bits per heavy atom. The van der Waals surface area contributed by atoms with E-state index in [9.17, 15) is 4.79 Å². The van der Waals surface area contributed by atoms with Crippen LogP contribution in [0.5, 0.6) is 11.5 Å². The number of carbonyl (C=O) groups excluding carboxylic acids is 1. The largest absolute Gasteiger partial charge is 0.493 e. The van der Waals surface area contributed by atoms with Crippen molar-refractivity contribution in [1.29, 1.82) is 0 Å². The zero-order valence-electron chi connectivity index (χ0n) is 14.6. The van der Waals surface area contributed by atoms with Gasteiger partial charge < -0.3 is 20.1 Å². The summed E-state index contributed by atoms with van der Waals surface area (Å²) in [5, 5.41) is 8.18. The fraction of sp³-hybridized carbons (Fsp3) is 0.167. The molecule has 0 aliphatic rings. The predicted octanol–water partition coefficient (Wildman–Crippen LogP) is 3.86. The summed E-state index contributed by atoms with van der Waals surface area (Å²) in [4.78, 5) is 21.1. The second-order valence-corrected chi connectivity index (χ2v) is 6.21. The molecule has 3 aromatic rings. The number of nitrogens with one attached hydrogen (secondary N) is 2. The lowest BCUT2D eigenvalue weighted by Crippen LogP contribution is -2.12. The highest BCUT2D eigenvalue weighted by Gasteiger charge is 2.13. The van der Waals surface area contributed by atoms with E-state index in [0.717, 1.165) is 5.69 Å². The molecule has 2 aromatic heterocycles. The smallest absolute Gasteiger partial charge is 0.275 e. The first kappa shape index (κ1) is 17.7. The maximum Gasteiger partial charge on any atom is 0.275 e. The summed E-state index contributed by atoms with van der Waals surface area (Å²) in [6, 6.07) is 10.8. The van der Waals surface area contributed by atoms with E-state index in [1.54, 1.807) is 37.8 Å². The second-order valence-electron chi connectivity index (χ2n) is 5.35. The number of rotatable bonds is 6. The van der Waals surface area contributed by atoms with Crippen LogP contribution in [0.1, 0.15) is 16.2 Å². The van der Waals surface area contributed by atoms with Crippen LogP contribution < -0.4 is 20.1 Å². The van der Waals surface area contributed by atoms with Gasteiger partial charge in [-0.05, 0) is 31.2 Å². The molecule has 0 saturated heterocycles. The molecule has 0 aliphatic carbocycles. The quantitative estimate of drug-likeness (QED) is 0.685. The molecule has 1 amide bonds. The number of benzene rings is 1. The third-order valence-corrected chi connectivity index (χ3v) is 4.26. The minimum absolute atomic E-state index is 0.307. The monoisotopic (exact) mass is 370 g/mol. The van der Waals surface area contributed by atoms with Gasteiger partial charge in [-0.3, -0.25) is 4.79 Å². The van der Waals surface area contributed by atoms with Gasteiger partial charge in [0.25, 0.3) is 5.91 Å². The van der Waals surface area contributed by atoms with E-state index in [1.807, 2.05) is 25.1 Å². The Bertz CT molecular complexity index is 926. The van der Waals surface area contributed by atoms with Crippen molar-refractivity contribution in [1.82, 2.24) is 9.97 Å². The lowest BCUT2D eigenvalue weighted by atomic mass is 10.2. The Labute approximate surface area is 155 Å². The highest BCUT2D eigenvalue weighted by Crippen LogP contribution is 2.30. The highest BCUT2D eigenvalue weighted by atomic mass is 32.1. The maximum atomic E-state index is 12.4. The van der Waals surface area contributed by atoms with Gasteiger partial charge in [0.1, 0.15) is 11.5 Å². The van der Waals surface area contributed by atoms with Crippen LogP contribution in [0.25, 0.3) is 0 Å². The molecule has 0 aliphatic heterocycles. The molecule has 3 rings (SSSR count). The van der Waals surface area contributed by atoms with E-state index < -0.39 is 0 Å². The van der Waals surface area contributed by atoms with E-state index in [0.29, 0.717) is 33.8 Å². The molecule has 26 heavy (non-hydrogen) atoms. The SMILES string of the molecule is COc1ccc(NC(=O)c2csc(Nc3cccc(C)n3)n2)cc1OC. The molecule has 7 nitrogen and oxygen atoms in total. The maximum absolute atomic E-state index is 12.4. The second kappa shape index (κ2) is 7.83. The number of aromatic nitrogens is 2. The van der Waals surface area contributed by atoms with Crippen LogP contribution >= 0.6 is 11.3 Å². The number of hydrogen-bond donors (Lipinski definition) is 2. The normalized spacial score (nSPS) is 10.3. The summed E-state index contributed by atoms with van der Waals surface area (Å²) >= 11 is 1.34. The summed E-state index contributed by atoms with van der Waals surface area (Å²) in [6.45, 7) is 1.91. The van der Waals surface area contributed by atoms with Crippen molar-refractivity contribution in [3.8, 4) is 11.5 Å². The Morgan fingerprint density at radius 1 is 1.08 bits per heavy atom. The van der Waals surface area contributed by atoms with Gasteiger partial charge in [0.05, 0.1) is 14.2 Å². The topological polar surface area (TPSA) is 85.4 Å². The summed E-state index contributed by atoms with van der Waals surface area (Å²) in [7, 11) is 3.10. The molecule has 0 spiro atoms. The van der Waals surface area contributed by atoms with Crippen LogP contribution in [-0.4, -0.2) is 30.1 Å².